The maximum atomic E-state index is 13.4. The summed E-state index contributed by atoms with van der Waals surface area (Å²) in [5.41, 5.74) is 3.84. The predicted octanol–water partition coefficient (Wildman–Crippen LogP) is 4.19. The third-order valence-corrected chi connectivity index (χ3v) is 7.38. The van der Waals surface area contributed by atoms with Crippen LogP contribution in [0, 0.1) is 5.92 Å². The first-order valence-corrected chi connectivity index (χ1v) is 11.5. The lowest BCUT2D eigenvalue weighted by Crippen LogP contribution is -2.44. The van der Waals surface area contributed by atoms with Gasteiger partial charge in [-0.25, -0.2) is 4.79 Å². The second kappa shape index (κ2) is 10.2. The number of carboxylic acid groups (broad SMARTS) is 1. The minimum absolute atomic E-state index is 0. The van der Waals surface area contributed by atoms with Gasteiger partial charge in [-0.1, -0.05) is 6.07 Å². The van der Waals surface area contributed by atoms with Crippen LogP contribution in [0.5, 0.6) is 0 Å². The number of benzene rings is 1. The molecule has 1 atom stereocenters. The molecule has 6 nitrogen and oxygen atoms in total. The second-order valence-electron chi connectivity index (χ2n) is 9.51. The number of anilines is 1. The van der Waals surface area contributed by atoms with Crippen LogP contribution in [0.4, 0.5) is 10.5 Å². The number of rotatable bonds is 5. The van der Waals surface area contributed by atoms with Crippen LogP contribution >= 0.6 is 12.4 Å². The van der Waals surface area contributed by atoms with E-state index in [0.29, 0.717) is 5.92 Å². The van der Waals surface area contributed by atoms with Crippen LogP contribution in [0.3, 0.4) is 0 Å². The molecule has 2 fully saturated rings. The van der Waals surface area contributed by atoms with Crippen molar-refractivity contribution in [3.63, 3.8) is 0 Å². The zero-order valence-electron chi connectivity index (χ0n) is 18.8. The molecule has 1 aromatic rings. The Morgan fingerprint density at radius 2 is 1.77 bits per heavy atom. The van der Waals surface area contributed by atoms with E-state index in [1.165, 1.54) is 11.1 Å². The van der Waals surface area contributed by atoms with Crippen molar-refractivity contribution < 1.29 is 14.7 Å². The molecule has 1 saturated heterocycles. The average molecular weight is 450 g/mol. The molecule has 172 valence electrons. The number of carboxylic acids is 1. The zero-order chi connectivity index (χ0) is 21.3. The Bertz CT molecular complexity index is 794. The van der Waals surface area contributed by atoms with Crippen molar-refractivity contribution in [1.82, 2.24) is 9.80 Å². The molecule has 1 aliphatic carbocycles. The van der Waals surface area contributed by atoms with E-state index in [0.717, 1.165) is 70.3 Å². The molecule has 1 aromatic carbocycles. The summed E-state index contributed by atoms with van der Waals surface area (Å²) in [6.07, 6.45) is 7.18. The summed E-state index contributed by atoms with van der Waals surface area (Å²) < 4.78 is 0. The first-order valence-electron chi connectivity index (χ1n) is 11.5. The number of aliphatic carboxylic acids is 1. The molecule has 1 saturated carbocycles. The SMILES string of the molecule is CC1CN(c2ccc3c(c2)CCN(C)CC3)C(=O)N1C1CCC(CCC(=O)O)CC1.Cl. The van der Waals surface area contributed by atoms with E-state index in [2.05, 4.69) is 42.0 Å². The highest BCUT2D eigenvalue weighted by Crippen LogP contribution is 2.35. The molecule has 2 amide bonds. The molecule has 1 unspecified atom stereocenters. The van der Waals surface area contributed by atoms with Gasteiger partial charge in [0.25, 0.3) is 0 Å². The third kappa shape index (κ3) is 5.35. The van der Waals surface area contributed by atoms with Gasteiger partial charge in [-0.15, -0.1) is 12.4 Å². The van der Waals surface area contributed by atoms with Crippen molar-refractivity contribution in [1.29, 1.82) is 0 Å². The molecule has 2 heterocycles. The fourth-order valence-corrected chi connectivity index (χ4v) is 5.52. The number of carbonyl (C=O) groups excluding carboxylic acids is 1. The molecule has 4 rings (SSSR count). The largest absolute Gasteiger partial charge is 0.481 e. The van der Waals surface area contributed by atoms with E-state index in [4.69, 9.17) is 5.11 Å². The van der Waals surface area contributed by atoms with Crippen LogP contribution in [-0.4, -0.2) is 65.7 Å². The lowest BCUT2D eigenvalue weighted by Gasteiger charge is -2.36. The smallest absolute Gasteiger partial charge is 0.325 e. The summed E-state index contributed by atoms with van der Waals surface area (Å²) in [5.74, 6) is -0.215. The molecule has 0 bridgehead atoms. The third-order valence-electron chi connectivity index (χ3n) is 7.38. The van der Waals surface area contributed by atoms with Crippen molar-refractivity contribution in [3.05, 3.63) is 29.3 Å². The van der Waals surface area contributed by atoms with Crippen molar-refractivity contribution in [2.75, 3.05) is 31.6 Å². The quantitative estimate of drug-likeness (QED) is 0.731. The van der Waals surface area contributed by atoms with Crippen LogP contribution < -0.4 is 4.90 Å². The Balaban J connectivity index is 0.00000272. The van der Waals surface area contributed by atoms with Gasteiger partial charge < -0.3 is 14.9 Å². The van der Waals surface area contributed by atoms with Crippen LogP contribution in [0.1, 0.15) is 56.6 Å². The highest BCUT2D eigenvalue weighted by atomic mass is 35.5. The topological polar surface area (TPSA) is 64.1 Å². The van der Waals surface area contributed by atoms with Gasteiger partial charge in [0.05, 0.1) is 0 Å². The van der Waals surface area contributed by atoms with Crippen LogP contribution in [0.15, 0.2) is 18.2 Å². The van der Waals surface area contributed by atoms with E-state index < -0.39 is 5.97 Å². The lowest BCUT2D eigenvalue weighted by molar-refractivity contribution is -0.137. The van der Waals surface area contributed by atoms with E-state index in [1.54, 1.807) is 0 Å². The molecule has 2 aliphatic heterocycles. The highest BCUT2D eigenvalue weighted by molar-refractivity contribution is 5.95. The van der Waals surface area contributed by atoms with Crippen LogP contribution in [0.25, 0.3) is 0 Å². The molecule has 0 radical (unpaired) electrons. The van der Waals surface area contributed by atoms with E-state index in [1.807, 2.05) is 4.90 Å². The molecule has 31 heavy (non-hydrogen) atoms. The zero-order valence-corrected chi connectivity index (χ0v) is 19.6. The summed E-state index contributed by atoms with van der Waals surface area (Å²) in [6, 6.07) is 7.23. The molecule has 0 aromatic heterocycles. The fourth-order valence-electron chi connectivity index (χ4n) is 5.52. The summed E-state index contributed by atoms with van der Waals surface area (Å²) >= 11 is 0. The maximum absolute atomic E-state index is 13.4. The first-order chi connectivity index (χ1) is 14.4. The Kier molecular flexibility index (Phi) is 7.87. The minimum Gasteiger partial charge on any atom is -0.481 e. The number of halogens is 1. The number of hydrogen-bond acceptors (Lipinski definition) is 3. The monoisotopic (exact) mass is 449 g/mol. The number of carbonyl (C=O) groups is 2. The number of fused-ring (bicyclic) bond motifs is 1. The van der Waals surface area contributed by atoms with Gasteiger partial charge in [-0.2, -0.15) is 0 Å². The molecule has 3 aliphatic rings. The number of hydrogen-bond donors (Lipinski definition) is 1. The summed E-state index contributed by atoms with van der Waals surface area (Å²) in [5, 5.41) is 8.92. The maximum Gasteiger partial charge on any atom is 0.325 e. The van der Waals surface area contributed by atoms with Gasteiger partial charge in [0.1, 0.15) is 0 Å². The van der Waals surface area contributed by atoms with Gasteiger partial charge in [0.15, 0.2) is 0 Å². The van der Waals surface area contributed by atoms with Crippen LogP contribution in [0.2, 0.25) is 0 Å². The molecule has 0 spiro atoms. The Morgan fingerprint density at radius 1 is 1.10 bits per heavy atom. The average Bonchev–Trinajstić information content (AvgIpc) is 2.90. The standard InChI is InChI=1S/C24H35N3O3.ClH/c1-17-16-26(22-9-6-19-11-13-25(2)14-12-20(19)15-22)24(30)27(17)21-7-3-18(4-8-21)5-10-23(28)29;/h6,9,15,17-18,21H,3-5,7-8,10-14,16H2,1-2H3,(H,28,29);1H. The molecule has 7 heteroatoms. The number of likely N-dealkylation sites (N-methyl/N-ethyl adjacent to an activating group) is 1. The van der Waals surface area contributed by atoms with Gasteiger partial charge in [-0.3, -0.25) is 9.69 Å². The minimum atomic E-state index is -0.705. The molecular weight excluding hydrogens is 414 g/mol. The highest BCUT2D eigenvalue weighted by Gasteiger charge is 2.40. The summed E-state index contributed by atoms with van der Waals surface area (Å²) in [7, 11) is 2.17. The van der Waals surface area contributed by atoms with Crippen molar-refractivity contribution in [2.24, 2.45) is 5.92 Å². The van der Waals surface area contributed by atoms with Gasteiger partial charge in [0.2, 0.25) is 0 Å². The Morgan fingerprint density at radius 3 is 2.45 bits per heavy atom. The molecule has 1 N–H and O–H groups in total. The van der Waals surface area contributed by atoms with E-state index >= 15 is 0 Å². The van der Waals surface area contributed by atoms with Crippen molar-refractivity contribution >= 4 is 30.1 Å². The number of urea groups is 1. The van der Waals surface area contributed by atoms with Gasteiger partial charge in [-0.05, 0) is 88.1 Å². The number of nitrogens with zero attached hydrogens (tertiary/aromatic N) is 3. The predicted molar refractivity (Wildman–Crippen MR) is 125 cm³/mol. The first kappa shape index (κ1) is 23.9. The van der Waals surface area contributed by atoms with Crippen molar-refractivity contribution in [3.8, 4) is 0 Å². The second-order valence-corrected chi connectivity index (χ2v) is 9.51. The fraction of sp³-hybridized carbons (Fsp3) is 0.667. The normalized spacial score (nSPS) is 26.9. The van der Waals surface area contributed by atoms with E-state index in [-0.39, 0.29) is 36.9 Å². The summed E-state index contributed by atoms with van der Waals surface area (Å²) in [4.78, 5) is 30.6. The Labute approximate surface area is 192 Å². The molecular formula is C24H36ClN3O3. The van der Waals surface area contributed by atoms with Crippen LogP contribution in [-0.2, 0) is 17.6 Å². The van der Waals surface area contributed by atoms with Gasteiger partial charge >= 0.3 is 12.0 Å². The lowest BCUT2D eigenvalue weighted by atomic mass is 9.82. The summed E-state index contributed by atoms with van der Waals surface area (Å²) in [6.45, 7) is 5.07. The van der Waals surface area contributed by atoms with Crippen molar-refractivity contribution in [2.45, 2.75) is 70.4 Å². The Hall–Kier alpha value is -1.79. The van der Waals surface area contributed by atoms with Gasteiger partial charge in [0, 0.05) is 43.8 Å². The number of amides is 2. The van der Waals surface area contributed by atoms with E-state index in [9.17, 15) is 9.59 Å².